The normalized spacial score (nSPS) is 19.2. The summed E-state index contributed by atoms with van der Waals surface area (Å²) in [6, 6.07) is 7.28. The molecule has 0 atom stereocenters. The van der Waals surface area contributed by atoms with Gasteiger partial charge in [-0.1, -0.05) is 33.1 Å². The van der Waals surface area contributed by atoms with Crippen molar-refractivity contribution in [3.63, 3.8) is 0 Å². The molecule has 2 fully saturated rings. The number of rotatable bonds is 8. The fraction of sp³-hybridized carbons (Fsp3) is 0.696. The van der Waals surface area contributed by atoms with Crippen molar-refractivity contribution in [2.45, 2.75) is 63.7 Å². The van der Waals surface area contributed by atoms with E-state index in [0.29, 0.717) is 23.9 Å². The maximum Gasteiger partial charge on any atom is 0.243 e. The van der Waals surface area contributed by atoms with Crippen molar-refractivity contribution >= 4 is 21.6 Å². The average molecular weight is 436 g/mol. The summed E-state index contributed by atoms with van der Waals surface area (Å²) in [5.41, 5.74) is 1.07. The first-order chi connectivity index (χ1) is 14.5. The van der Waals surface area contributed by atoms with Gasteiger partial charge in [0.25, 0.3) is 0 Å². The zero-order valence-corrected chi connectivity index (χ0v) is 19.3. The van der Waals surface area contributed by atoms with Crippen LogP contribution < -0.4 is 10.2 Å². The Bertz CT molecular complexity index is 776. The fourth-order valence-electron chi connectivity index (χ4n) is 4.69. The van der Waals surface area contributed by atoms with E-state index in [1.807, 2.05) is 26.0 Å². The molecule has 1 aromatic carbocycles. The Morgan fingerprint density at radius 2 is 1.60 bits per heavy atom. The van der Waals surface area contributed by atoms with Crippen LogP contribution in [-0.2, 0) is 14.8 Å². The van der Waals surface area contributed by atoms with Crippen LogP contribution in [0.15, 0.2) is 29.2 Å². The number of nitrogens with one attached hydrogen (secondary N) is 1. The lowest BCUT2D eigenvalue weighted by atomic mass is 9.88. The highest BCUT2D eigenvalue weighted by molar-refractivity contribution is 7.89. The zero-order valence-electron chi connectivity index (χ0n) is 18.5. The Balaban J connectivity index is 1.48. The quantitative estimate of drug-likeness (QED) is 0.677. The number of benzene rings is 1. The van der Waals surface area contributed by atoms with Crippen LogP contribution in [0.2, 0.25) is 0 Å². The lowest BCUT2D eigenvalue weighted by Gasteiger charge is -2.34. The second-order valence-corrected chi connectivity index (χ2v) is 10.5. The van der Waals surface area contributed by atoms with Crippen LogP contribution in [-0.4, -0.2) is 51.4 Å². The summed E-state index contributed by atoms with van der Waals surface area (Å²) in [5, 5.41) is 3.19. The number of carbonyl (C=O) groups is 1. The molecule has 7 heteroatoms. The number of amides is 1. The van der Waals surface area contributed by atoms with Crippen molar-refractivity contribution in [2.24, 2.45) is 11.8 Å². The second-order valence-electron chi connectivity index (χ2n) is 8.59. The van der Waals surface area contributed by atoms with Crippen molar-refractivity contribution in [2.75, 3.05) is 37.6 Å². The van der Waals surface area contributed by atoms with Crippen LogP contribution in [0.1, 0.15) is 58.8 Å². The van der Waals surface area contributed by atoms with Gasteiger partial charge in [-0.05, 0) is 55.9 Å². The van der Waals surface area contributed by atoms with Crippen LogP contribution in [0.4, 0.5) is 5.69 Å². The van der Waals surface area contributed by atoms with E-state index < -0.39 is 10.0 Å². The smallest absolute Gasteiger partial charge is 0.243 e. The highest BCUT2D eigenvalue weighted by Crippen LogP contribution is 2.26. The molecule has 1 heterocycles. The van der Waals surface area contributed by atoms with E-state index in [-0.39, 0.29) is 11.8 Å². The van der Waals surface area contributed by atoms with Gasteiger partial charge in [0.05, 0.1) is 4.90 Å². The number of carbonyl (C=O) groups excluding carboxylic acids is 1. The van der Waals surface area contributed by atoms with E-state index >= 15 is 0 Å². The number of nitrogens with zero attached hydrogens (tertiary/aromatic N) is 2. The number of hydrogen-bond acceptors (Lipinski definition) is 4. The summed E-state index contributed by atoms with van der Waals surface area (Å²) in [5.74, 6) is 1.00. The van der Waals surface area contributed by atoms with Crippen LogP contribution in [0.5, 0.6) is 0 Å². The lowest BCUT2D eigenvalue weighted by molar-refractivity contribution is -0.126. The lowest BCUT2D eigenvalue weighted by Crippen LogP contribution is -2.40. The van der Waals surface area contributed by atoms with Crippen molar-refractivity contribution in [1.82, 2.24) is 9.62 Å². The molecule has 1 aromatic rings. The number of anilines is 1. The Hall–Kier alpha value is -1.60. The Morgan fingerprint density at radius 3 is 2.17 bits per heavy atom. The first-order valence-electron chi connectivity index (χ1n) is 11.6. The van der Waals surface area contributed by atoms with Gasteiger partial charge in [0.2, 0.25) is 15.9 Å². The van der Waals surface area contributed by atoms with Crippen LogP contribution in [0.25, 0.3) is 0 Å². The molecule has 1 aliphatic heterocycles. The highest BCUT2D eigenvalue weighted by Gasteiger charge is 2.25. The predicted molar refractivity (Wildman–Crippen MR) is 121 cm³/mol. The van der Waals surface area contributed by atoms with Gasteiger partial charge in [-0.25, -0.2) is 8.42 Å². The largest absolute Gasteiger partial charge is 0.372 e. The third-order valence-corrected chi connectivity index (χ3v) is 8.76. The molecule has 1 N–H and O–H groups in total. The molecule has 0 aromatic heterocycles. The average Bonchev–Trinajstić information content (AvgIpc) is 2.79. The highest BCUT2D eigenvalue weighted by atomic mass is 32.2. The Kier molecular flexibility index (Phi) is 8.17. The first-order valence-corrected chi connectivity index (χ1v) is 13.0. The molecule has 0 bridgehead atoms. The summed E-state index contributed by atoms with van der Waals surface area (Å²) in [6.07, 6.45) is 7.82. The molecule has 6 nitrogen and oxygen atoms in total. The molecular formula is C23H37N3O3S. The van der Waals surface area contributed by atoms with Crippen molar-refractivity contribution in [3.05, 3.63) is 24.3 Å². The summed E-state index contributed by atoms with van der Waals surface area (Å²) in [7, 11) is -3.41. The molecular weight excluding hydrogens is 398 g/mol. The standard InChI is InChI=1S/C23H37N3O3S/c1-3-26(4-2)30(28,29)22-12-10-21(11-13-22)25-16-14-19(15-17-25)18-24-23(27)20-8-6-5-7-9-20/h10-13,19-20H,3-9,14-18H2,1-2H3,(H,24,27). The molecule has 1 saturated carbocycles. The molecule has 1 saturated heterocycles. The minimum absolute atomic E-state index is 0.227. The molecule has 168 valence electrons. The zero-order chi connectivity index (χ0) is 21.6. The maximum atomic E-state index is 12.6. The van der Waals surface area contributed by atoms with Crippen molar-refractivity contribution in [1.29, 1.82) is 0 Å². The van der Waals surface area contributed by atoms with E-state index in [9.17, 15) is 13.2 Å². The molecule has 1 amide bonds. The molecule has 0 spiro atoms. The van der Waals surface area contributed by atoms with E-state index in [1.165, 1.54) is 23.6 Å². The van der Waals surface area contributed by atoms with Gasteiger partial charge >= 0.3 is 0 Å². The van der Waals surface area contributed by atoms with Gasteiger partial charge in [-0.2, -0.15) is 4.31 Å². The van der Waals surface area contributed by atoms with Gasteiger partial charge in [0.1, 0.15) is 0 Å². The SMILES string of the molecule is CCN(CC)S(=O)(=O)c1ccc(N2CCC(CNC(=O)C3CCCCC3)CC2)cc1. The minimum Gasteiger partial charge on any atom is -0.372 e. The maximum absolute atomic E-state index is 12.6. The summed E-state index contributed by atoms with van der Waals surface area (Å²) < 4.78 is 26.8. The Labute approximate surface area is 182 Å². The third kappa shape index (κ3) is 5.55. The van der Waals surface area contributed by atoms with Gasteiger partial charge in [-0.3, -0.25) is 4.79 Å². The molecule has 0 unspecified atom stereocenters. The molecule has 1 aliphatic carbocycles. The van der Waals surface area contributed by atoms with Crippen LogP contribution >= 0.6 is 0 Å². The summed E-state index contributed by atoms with van der Waals surface area (Å²) >= 11 is 0. The van der Waals surface area contributed by atoms with Gasteiger partial charge in [0, 0.05) is 44.3 Å². The molecule has 30 heavy (non-hydrogen) atoms. The minimum atomic E-state index is -3.41. The first kappa shape index (κ1) is 23.1. The number of piperidine rings is 1. The summed E-state index contributed by atoms with van der Waals surface area (Å²) in [6.45, 7) is 7.33. The van der Waals surface area contributed by atoms with E-state index in [1.54, 1.807) is 12.1 Å². The van der Waals surface area contributed by atoms with E-state index in [2.05, 4.69) is 10.2 Å². The fourth-order valence-corrected chi connectivity index (χ4v) is 6.15. The van der Waals surface area contributed by atoms with Crippen molar-refractivity contribution < 1.29 is 13.2 Å². The van der Waals surface area contributed by atoms with E-state index in [0.717, 1.165) is 51.0 Å². The van der Waals surface area contributed by atoms with Gasteiger partial charge in [-0.15, -0.1) is 0 Å². The summed E-state index contributed by atoms with van der Waals surface area (Å²) in [4.78, 5) is 15.0. The molecule has 0 radical (unpaired) electrons. The topological polar surface area (TPSA) is 69.7 Å². The van der Waals surface area contributed by atoms with Crippen molar-refractivity contribution in [3.8, 4) is 0 Å². The second kappa shape index (κ2) is 10.6. The number of sulfonamides is 1. The Morgan fingerprint density at radius 1 is 1.00 bits per heavy atom. The predicted octanol–water partition coefficient (Wildman–Crippen LogP) is 3.63. The van der Waals surface area contributed by atoms with Crippen LogP contribution in [0.3, 0.4) is 0 Å². The molecule has 2 aliphatic rings. The van der Waals surface area contributed by atoms with E-state index in [4.69, 9.17) is 0 Å². The van der Waals surface area contributed by atoms with Crippen LogP contribution in [0, 0.1) is 11.8 Å². The number of hydrogen-bond donors (Lipinski definition) is 1. The van der Waals surface area contributed by atoms with Gasteiger partial charge in [0.15, 0.2) is 0 Å². The third-order valence-electron chi connectivity index (χ3n) is 6.70. The molecule has 3 rings (SSSR count). The van der Waals surface area contributed by atoms with Gasteiger partial charge < -0.3 is 10.2 Å². The monoisotopic (exact) mass is 435 g/mol.